The van der Waals surface area contributed by atoms with Crippen molar-refractivity contribution in [1.29, 1.82) is 0 Å². The van der Waals surface area contributed by atoms with Gasteiger partial charge in [-0.05, 0) is 53.4 Å². The minimum atomic E-state index is -0.0524. The standard InChI is InChI=1S/C28H29N3O3/c1-34-22-13-11-21(12-14-22)28-24(23-9-5-6-10-25(23)31-28)15-16-26(32)29-17-18-30-27(33)19-20-7-3-2-4-8-20/h2-14,31H,15-19H2,1H3,(H,29,32)(H,30,33). The molecule has 0 bridgehead atoms. The number of hydrogen-bond acceptors (Lipinski definition) is 3. The molecule has 0 aliphatic heterocycles. The highest BCUT2D eigenvalue weighted by molar-refractivity contribution is 5.91. The Hall–Kier alpha value is -4.06. The maximum atomic E-state index is 12.5. The third-order valence-corrected chi connectivity index (χ3v) is 5.77. The van der Waals surface area contributed by atoms with Gasteiger partial charge in [0.1, 0.15) is 5.75 Å². The number of H-pyrrole nitrogens is 1. The number of nitrogens with one attached hydrogen (secondary N) is 3. The van der Waals surface area contributed by atoms with Gasteiger partial charge in [0.05, 0.1) is 13.5 Å². The first-order chi connectivity index (χ1) is 16.6. The summed E-state index contributed by atoms with van der Waals surface area (Å²) in [7, 11) is 1.65. The van der Waals surface area contributed by atoms with Gasteiger partial charge < -0.3 is 20.4 Å². The number of hydrogen-bond donors (Lipinski definition) is 3. The summed E-state index contributed by atoms with van der Waals surface area (Å²) in [6.07, 6.45) is 1.31. The molecule has 4 rings (SSSR count). The number of aromatic nitrogens is 1. The fourth-order valence-corrected chi connectivity index (χ4v) is 4.04. The summed E-state index contributed by atoms with van der Waals surface area (Å²) in [6, 6.07) is 25.6. The van der Waals surface area contributed by atoms with Crippen molar-refractivity contribution in [2.24, 2.45) is 0 Å². The van der Waals surface area contributed by atoms with Gasteiger partial charge in [-0.25, -0.2) is 0 Å². The molecule has 1 aromatic heterocycles. The molecule has 0 aliphatic carbocycles. The topological polar surface area (TPSA) is 83.2 Å². The molecule has 0 radical (unpaired) electrons. The van der Waals surface area contributed by atoms with Gasteiger partial charge in [-0.3, -0.25) is 9.59 Å². The Morgan fingerprint density at radius 2 is 1.50 bits per heavy atom. The molecule has 0 saturated carbocycles. The number of carbonyl (C=O) groups is 2. The third kappa shape index (κ3) is 5.84. The molecule has 6 nitrogen and oxygen atoms in total. The van der Waals surface area contributed by atoms with Crippen molar-refractivity contribution < 1.29 is 14.3 Å². The third-order valence-electron chi connectivity index (χ3n) is 5.77. The minimum absolute atomic E-state index is 0.0386. The van der Waals surface area contributed by atoms with Gasteiger partial charge in [-0.1, -0.05) is 48.5 Å². The summed E-state index contributed by atoms with van der Waals surface area (Å²) in [5.74, 6) is 0.711. The second-order valence-electron chi connectivity index (χ2n) is 8.11. The number of methoxy groups -OCH3 is 1. The van der Waals surface area contributed by atoms with Crippen molar-refractivity contribution in [2.75, 3.05) is 20.2 Å². The predicted octanol–water partition coefficient (Wildman–Crippen LogP) is 4.25. The quantitative estimate of drug-likeness (QED) is 0.313. The SMILES string of the molecule is COc1ccc(-c2[nH]c3ccccc3c2CCC(=O)NCCNC(=O)Cc2ccccc2)cc1. The lowest BCUT2D eigenvalue weighted by molar-refractivity contribution is -0.122. The van der Waals surface area contributed by atoms with Crippen molar-refractivity contribution >= 4 is 22.7 Å². The van der Waals surface area contributed by atoms with Crippen LogP contribution in [0.5, 0.6) is 5.75 Å². The number of carbonyl (C=O) groups excluding carboxylic acids is 2. The highest BCUT2D eigenvalue weighted by Gasteiger charge is 2.14. The lowest BCUT2D eigenvalue weighted by atomic mass is 10.0. The second-order valence-corrected chi connectivity index (χ2v) is 8.11. The normalized spacial score (nSPS) is 10.7. The lowest BCUT2D eigenvalue weighted by Gasteiger charge is -2.09. The fourth-order valence-electron chi connectivity index (χ4n) is 4.04. The number of aryl methyl sites for hydroxylation is 1. The van der Waals surface area contributed by atoms with E-state index in [2.05, 4.69) is 21.7 Å². The fraction of sp³-hybridized carbons (Fsp3) is 0.214. The van der Waals surface area contributed by atoms with E-state index in [1.807, 2.05) is 72.8 Å². The van der Waals surface area contributed by atoms with Crippen LogP contribution in [-0.4, -0.2) is 37.0 Å². The number of aromatic amines is 1. The van der Waals surface area contributed by atoms with Gasteiger partial charge in [0.25, 0.3) is 0 Å². The molecular weight excluding hydrogens is 426 g/mol. The van der Waals surface area contributed by atoms with Crippen LogP contribution in [0.1, 0.15) is 17.5 Å². The van der Waals surface area contributed by atoms with Gasteiger partial charge in [0.15, 0.2) is 0 Å². The Morgan fingerprint density at radius 3 is 2.24 bits per heavy atom. The Balaban J connectivity index is 1.32. The molecule has 0 atom stereocenters. The maximum absolute atomic E-state index is 12.5. The van der Waals surface area contributed by atoms with E-state index < -0.39 is 0 Å². The van der Waals surface area contributed by atoms with Crippen LogP contribution in [0.4, 0.5) is 0 Å². The summed E-state index contributed by atoms with van der Waals surface area (Å²) in [5, 5.41) is 6.88. The molecule has 174 valence electrons. The molecule has 0 unspecified atom stereocenters. The largest absolute Gasteiger partial charge is 0.497 e. The average molecular weight is 456 g/mol. The molecule has 34 heavy (non-hydrogen) atoms. The first-order valence-corrected chi connectivity index (χ1v) is 11.5. The minimum Gasteiger partial charge on any atom is -0.497 e. The van der Waals surface area contributed by atoms with Gasteiger partial charge in [-0.2, -0.15) is 0 Å². The smallest absolute Gasteiger partial charge is 0.224 e. The molecule has 0 saturated heterocycles. The number of fused-ring (bicyclic) bond motifs is 1. The monoisotopic (exact) mass is 455 g/mol. The first kappa shape index (κ1) is 23.1. The Morgan fingerprint density at radius 1 is 0.824 bits per heavy atom. The van der Waals surface area contributed by atoms with E-state index in [9.17, 15) is 9.59 Å². The van der Waals surface area contributed by atoms with Gasteiger partial charge in [0, 0.05) is 36.1 Å². The van der Waals surface area contributed by atoms with Crippen molar-refractivity contribution in [3.63, 3.8) is 0 Å². The van der Waals surface area contributed by atoms with E-state index >= 15 is 0 Å². The van der Waals surface area contributed by atoms with Crippen LogP contribution in [0.3, 0.4) is 0 Å². The molecule has 0 spiro atoms. The molecule has 2 amide bonds. The number of rotatable bonds is 10. The average Bonchev–Trinajstić information content (AvgIpc) is 3.24. The predicted molar refractivity (Wildman–Crippen MR) is 135 cm³/mol. The Kier molecular flexibility index (Phi) is 7.60. The molecule has 3 aromatic carbocycles. The van der Waals surface area contributed by atoms with Crippen molar-refractivity contribution in [1.82, 2.24) is 15.6 Å². The zero-order valence-corrected chi connectivity index (χ0v) is 19.3. The second kappa shape index (κ2) is 11.2. The van der Waals surface area contributed by atoms with E-state index in [1.54, 1.807) is 7.11 Å². The molecule has 6 heteroatoms. The Bertz CT molecular complexity index is 1250. The van der Waals surface area contributed by atoms with E-state index in [-0.39, 0.29) is 11.8 Å². The van der Waals surface area contributed by atoms with Crippen LogP contribution in [0, 0.1) is 0 Å². The van der Waals surface area contributed by atoms with Crippen LogP contribution in [0.25, 0.3) is 22.2 Å². The van der Waals surface area contributed by atoms with Gasteiger partial charge >= 0.3 is 0 Å². The van der Waals surface area contributed by atoms with E-state index in [4.69, 9.17) is 4.74 Å². The zero-order valence-electron chi connectivity index (χ0n) is 19.3. The first-order valence-electron chi connectivity index (χ1n) is 11.5. The van der Waals surface area contributed by atoms with E-state index in [0.717, 1.165) is 39.0 Å². The van der Waals surface area contributed by atoms with Gasteiger partial charge in [0.2, 0.25) is 11.8 Å². The number of para-hydroxylation sites is 1. The number of benzene rings is 3. The molecular formula is C28H29N3O3. The molecule has 4 aromatic rings. The summed E-state index contributed by atoms with van der Waals surface area (Å²) >= 11 is 0. The summed E-state index contributed by atoms with van der Waals surface area (Å²) < 4.78 is 5.27. The van der Waals surface area contributed by atoms with Crippen LogP contribution >= 0.6 is 0 Å². The lowest BCUT2D eigenvalue weighted by Crippen LogP contribution is -2.35. The summed E-state index contributed by atoms with van der Waals surface area (Å²) in [4.78, 5) is 28.0. The molecule has 0 fully saturated rings. The zero-order chi connectivity index (χ0) is 23.8. The van der Waals surface area contributed by atoms with Crippen LogP contribution in [0.2, 0.25) is 0 Å². The highest BCUT2D eigenvalue weighted by Crippen LogP contribution is 2.32. The molecule has 1 heterocycles. The maximum Gasteiger partial charge on any atom is 0.224 e. The number of ether oxygens (including phenoxy) is 1. The van der Waals surface area contributed by atoms with Gasteiger partial charge in [-0.15, -0.1) is 0 Å². The molecule has 3 N–H and O–H groups in total. The number of amides is 2. The van der Waals surface area contributed by atoms with Crippen molar-refractivity contribution in [3.05, 3.63) is 90.0 Å². The van der Waals surface area contributed by atoms with Crippen LogP contribution < -0.4 is 15.4 Å². The van der Waals surface area contributed by atoms with E-state index in [1.165, 1.54) is 0 Å². The van der Waals surface area contributed by atoms with Crippen molar-refractivity contribution in [2.45, 2.75) is 19.3 Å². The van der Waals surface area contributed by atoms with E-state index in [0.29, 0.717) is 32.4 Å². The summed E-state index contributed by atoms with van der Waals surface area (Å²) in [6.45, 7) is 0.806. The Labute approximate surface area is 199 Å². The van der Waals surface area contributed by atoms with Crippen molar-refractivity contribution in [3.8, 4) is 17.0 Å². The molecule has 0 aliphatic rings. The summed E-state index contributed by atoms with van der Waals surface area (Å²) in [5.41, 5.74) is 5.20. The van der Waals surface area contributed by atoms with Crippen LogP contribution in [0.15, 0.2) is 78.9 Å². The highest BCUT2D eigenvalue weighted by atomic mass is 16.5. The van der Waals surface area contributed by atoms with Crippen LogP contribution in [-0.2, 0) is 22.4 Å².